The fourth-order valence-electron chi connectivity index (χ4n) is 3.90. The maximum Gasteiger partial charge on any atom is 0.335 e. The zero-order valence-electron chi connectivity index (χ0n) is 20.5. The van der Waals surface area contributed by atoms with Crippen molar-refractivity contribution in [2.75, 3.05) is 18.1 Å². The molecule has 0 unspecified atom stereocenters. The van der Waals surface area contributed by atoms with E-state index in [2.05, 4.69) is 18.3 Å². The normalized spacial score (nSPS) is 14.7. The molecule has 7 nitrogen and oxygen atoms in total. The van der Waals surface area contributed by atoms with E-state index < -0.39 is 17.8 Å². The molecule has 0 radical (unpaired) electrons. The minimum atomic E-state index is -0.782. The topological polar surface area (TPSA) is 84.9 Å². The molecular weight excluding hydrogens is 456 g/mol. The van der Waals surface area contributed by atoms with Gasteiger partial charge in [0.2, 0.25) is 0 Å². The molecule has 1 heterocycles. The van der Waals surface area contributed by atoms with Gasteiger partial charge in [0.25, 0.3) is 11.8 Å². The molecule has 1 saturated heterocycles. The number of para-hydroxylation sites is 1. The first-order valence-electron chi connectivity index (χ1n) is 11.8. The zero-order chi connectivity index (χ0) is 25.7. The third-order valence-electron chi connectivity index (χ3n) is 5.74. The smallest absolute Gasteiger partial charge is 0.335 e. The number of rotatable bonds is 8. The predicted octanol–water partition coefficient (Wildman–Crippen LogP) is 4.99. The maximum absolute atomic E-state index is 13.2. The summed E-state index contributed by atoms with van der Waals surface area (Å²) < 4.78 is 11.8. The fourth-order valence-corrected chi connectivity index (χ4v) is 3.90. The van der Waals surface area contributed by atoms with Crippen LogP contribution in [0.15, 0.2) is 72.3 Å². The van der Waals surface area contributed by atoms with Gasteiger partial charge in [0.15, 0.2) is 0 Å². The number of ether oxygens (including phenoxy) is 2. The van der Waals surface area contributed by atoms with E-state index in [0.29, 0.717) is 23.6 Å². The summed E-state index contributed by atoms with van der Waals surface area (Å²) in [5.74, 6) is -0.169. The lowest BCUT2D eigenvalue weighted by atomic mass is 10.1. The molecule has 3 aromatic carbocycles. The van der Waals surface area contributed by atoms with Gasteiger partial charge >= 0.3 is 6.03 Å². The van der Waals surface area contributed by atoms with Gasteiger partial charge in [-0.2, -0.15) is 0 Å². The largest absolute Gasteiger partial charge is 0.490 e. The number of barbiturate groups is 1. The second-order valence-electron chi connectivity index (χ2n) is 8.54. The van der Waals surface area contributed by atoms with Gasteiger partial charge in [-0.05, 0) is 67.8 Å². The quantitative estimate of drug-likeness (QED) is 0.277. The molecule has 4 amide bonds. The van der Waals surface area contributed by atoms with Crippen LogP contribution in [0.25, 0.3) is 6.08 Å². The lowest BCUT2D eigenvalue weighted by Crippen LogP contribution is -2.54. The average Bonchev–Trinajstić information content (AvgIpc) is 2.86. The zero-order valence-corrected chi connectivity index (χ0v) is 20.5. The van der Waals surface area contributed by atoms with E-state index in [9.17, 15) is 14.4 Å². The van der Waals surface area contributed by atoms with E-state index >= 15 is 0 Å². The highest BCUT2D eigenvalue weighted by Crippen LogP contribution is 2.26. The molecule has 1 N–H and O–H groups in total. The number of benzene rings is 3. The molecule has 36 heavy (non-hydrogen) atoms. The van der Waals surface area contributed by atoms with Crippen molar-refractivity contribution in [2.45, 2.75) is 27.2 Å². The third-order valence-corrected chi connectivity index (χ3v) is 5.74. The molecule has 0 aromatic heterocycles. The molecule has 7 heteroatoms. The van der Waals surface area contributed by atoms with E-state index in [1.807, 2.05) is 26.0 Å². The van der Waals surface area contributed by atoms with Crippen molar-refractivity contribution >= 4 is 29.6 Å². The van der Waals surface area contributed by atoms with Crippen LogP contribution in [-0.4, -0.2) is 31.1 Å². The molecule has 4 rings (SSSR count). The highest BCUT2D eigenvalue weighted by Gasteiger charge is 2.36. The van der Waals surface area contributed by atoms with Crippen LogP contribution in [0.3, 0.4) is 0 Å². The lowest BCUT2D eigenvalue weighted by Gasteiger charge is -2.26. The Kier molecular flexibility index (Phi) is 7.49. The first-order chi connectivity index (χ1) is 17.4. The van der Waals surface area contributed by atoms with Crippen LogP contribution >= 0.6 is 0 Å². The first-order valence-corrected chi connectivity index (χ1v) is 11.8. The number of anilines is 1. The van der Waals surface area contributed by atoms with Crippen molar-refractivity contribution in [3.63, 3.8) is 0 Å². The standard InChI is InChI=1S/C29H28N2O5/c1-4-21-15-20(3)16-24(17-21)35-13-14-36-26-8-6-5-7-22(26)18-25-27(32)30-29(34)31(28(25)33)23-11-9-19(2)10-12-23/h5-12,15-18H,4,13-14H2,1-3H3,(H,30,32,34)/b25-18+. The number of nitrogens with one attached hydrogen (secondary N) is 1. The molecule has 1 aliphatic heterocycles. The van der Waals surface area contributed by atoms with Crippen molar-refractivity contribution < 1.29 is 23.9 Å². The van der Waals surface area contributed by atoms with Crippen LogP contribution in [0.2, 0.25) is 0 Å². The number of urea groups is 1. The van der Waals surface area contributed by atoms with E-state index in [4.69, 9.17) is 9.47 Å². The molecule has 0 bridgehead atoms. The highest BCUT2D eigenvalue weighted by molar-refractivity contribution is 6.39. The lowest BCUT2D eigenvalue weighted by molar-refractivity contribution is -0.122. The van der Waals surface area contributed by atoms with Gasteiger partial charge in [-0.15, -0.1) is 0 Å². The summed E-state index contributed by atoms with van der Waals surface area (Å²) in [6.45, 7) is 6.63. The monoisotopic (exact) mass is 484 g/mol. The van der Waals surface area contributed by atoms with Gasteiger partial charge in [0, 0.05) is 5.56 Å². The molecule has 0 aliphatic carbocycles. The Morgan fingerprint density at radius 3 is 2.33 bits per heavy atom. The summed E-state index contributed by atoms with van der Waals surface area (Å²) >= 11 is 0. The SMILES string of the molecule is CCc1cc(C)cc(OCCOc2ccccc2/C=C2\C(=O)NC(=O)N(c3ccc(C)cc3)C2=O)c1. The number of aryl methyl sites for hydroxylation is 3. The number of hydrogen-bond donors (Lipinski definition) is 1. The molecule has 1 fully saturated rings. The van der Waals surface area contributed by atoms with Crippen molar-refractivity contribution in [3.05, 3.63) is 94.6 Å². The minimum absolute atomic E-state index is 0.158. The van der Waals surface area contributed by atoms with Gasteiger partial charge in [0.05, 0.1) is 5.69 Å². The molecule has 1 aliphatic rings. The fraction of sp³-hybridized carbons (Fsp3) is 0.207. The number of imide groups is 2. The summed E-state index contributed by atoms with van der Waals surface area (Å²) in [5.41, 5.74) is 4.09. The Morgan fingerprint density at radius 1 is 0.861 bits per heavy atom. The van der Waals surface area contributed by atoms with Crippen molar-refractivity contribution in [1.82, 2.24) is 5.32 Å². The summed E-state index contributed by atoms with van der Waals surface area (Å²) in [6.07, 6.45) is 2.37. The summed E-state index contributed by atoms with van der Waals surface area (Å²) in [6, 6.07) is 19.3. The molecule has 3 aromatic rings. The molecule has 0 spiro atoms. The van der Waals surface area contributed by atoms with Gasteiger partial charge in [-0.25, -0.2) is 9.69 Å². The van der Waals surface area contributed by atoms with Gasteiger partial charge in [-0.3, -0.25) is 14.9 Å². The summed E-state index contributed by atoms with van der Waals surface area (Å²) in [5, 5.41) is 2.25. The van der Waals surface area contributed by atoms with Crippen molar-refractivity contribution in [2.24, 2.45) is 0 Å². The van der Waals surface area contributed by atoms with Gasteiger partial charge in [0.1, 0.15) is 30.3 Å². The Bertz CT molecular complexity index is 1330. The van der Waals surface area contributed by atoms with Crippen LogP contribution in [0, 0.1) is 13.8 Å². The van der Waals surface area contributed by atoms with Crippen molar-refractivity contribution in [3.8, 4) is 11.5 Å². The van der Waals surface area contributed by atoms with Crippen LogP contribution in [-0.2, 0) is 16.0 Å². The van der Waals surface area contributed by atoms with Crippen LogP contribution in [0.4, 0.5) is 10.5 Å². The van der Waals surface area contributed by atoms with Gasteiger partial charge in [-0.1, -0.05) is 48.9 Å². The number of nitrogens with zero attached hydrogens (tertiary/aromatic N) is 1. The summed E-state index contributed by atoms with van der Waals surface area (Å²) in [7, 11) is 0. The predicted molar refractivity (Wildman–Crippen MR) is 138 cm³/mol. The third kappa shape index (κ3) is 5.63. The second-order valence-corrected chi connectivity index (χ2v) is 8.54. The van der Waals surface area contributed by atoms with Crippen molar-refractivity contribution in [1.29, 1.82) is 0 Å². The number of amides is 4. The summed E-state index contributed by atoms with van der Waals surface area (Å²) in [4.78, 5) is 39.1. The number of hydrogen-bond acceptors (Lipinski definition) is 5. The Labute approximate surface area is 210 Å². The van der Waals surface area contributed by atoms with E-state index in [1.54, 1.807) is 48.5 Å². The highest BCUT2D eigenvalue weighted by atomic mass is 16.5. The second kappa shape index (κ2) is 10.9. The number of carbonyl (C=O) groups is 3. The Hall–Kier alpha value is -4.39. The number of carbonyl (C=O) groups excluding carboxylic acids is 3. The van der Waals surface area contributed by atoms with E-state index in [-0.39, 0.29) is 12.2 Å². The molecule has 0 saturated carbocycles. The average molecular weight is 485 g/mol. The maximum atomic E-state index is 13.2. The Morgan fingerprint density at radius 2 is 1.58 bits per heavy atom. The molecule has 184 valence electrons. The molecule has 0 atom stereocenters. The molecular formula is C29H28N2O5. The minimum Gasteiger partial charge on any atom is -0.490 e. The van der Waals surface area contributed by atoms with E-state index in [0.717, 1.165) is 28.2 Å². The van der Waals surface area contributed by atoms with Crippen LogP contribution < -0.4 is 19.7 Å². The Balaban J connectivity index is 1.49. The first kappa shape index (κ1) is 24.7. The van der Waals surface area contributed by atoms with Crippen LogP contribution in [0.1, 0.15) is 29.2 Å². The van der Waals surface area contributed by atoms with Crippen LogP contribution in [0.5, 0.6) is 11.5 Å². The van der Waals surface area contributed by atoms with Gasteiger partial charge < -0.3 is 9.47 Å². The van der Waals surface area contributed by atoms with E-state index in [1.165, 1.54) is 11.6 Å².